The standard InChI is InChI=1S/C13H22N4O/c1-18-9-5-6-14-12-10-13(16-11-15-12)17-7-3-2-4-8-17/h10-11H,2-9H2,1H3,(H,14,15,16). The first-order valence-corrected chi connectivity index (χ1v) is 6.70. The number of nitrogens with zero attached hydrogens (tertiary/aromatic N) is 3. The lowest BCUT2D eigenvalue weighted by Gasteiger charge is -2.27. The molecule has 2 rings (SSSR count). The van der Waals surface area contributed by atoms with E-state index in [9.17, 15) is 0 Å². The molecule has 0 radical (unpaired) electrons. The highest BCUT2D eigenvalue weighted by atomic mass is 16.5. The highest BCUT2D eigenvalue weighted by Crippen LogP contribution is 2.18. The molecule has 5 heteroatoms. The molecule has 2 heterocycles. The van der Waals surface area contributed by atoms with Crippen molar-refractivity contribution in [1.82, 2.24) is 9.97 Å². The second kappa shape index (κ2) is 7.16. The highest BCUT2D eigenvalue weighted by Gasteiger charge is 2.12. The number of aromatic nitrogens is 2. The zero-order valence-corrected chi connectivity index (χ0v) is 11.1. The van der Waals surface area contributed by atoms with Gasteiger partial charge in [-0.3, -0.25) is 0 Å². The van der Waals surface area contributed by atoms with Crippen LogP contribution in [0.1, 0.15) is 25.7 Å². The second-order valence-corrected chi connectivity index (χ2v) is 4.58. The van der Waals surface area contributed by atoms with Crippen LogP contribution in [0.3, 0.4) is 0 Å². The van der Waals surface area contributed by atoms with Crippen molar-refractivity contribution in [1.29, 1.82) is 0 Å². The van der Waals surface area contributed by atoms with Crippen LogP contribution in [0.25, 0.3) is 0 Å². The molecule has 0 atom stereocenters. The molecule has 0 saturated carbocycles. The molecular weight excluding hydrogens is 228 g/mol. The van der Waals surface area contributed by atoms with Crippen molar-refractivity contribution in [2.75, 3.05) is 43.6 Å². The molecule has 5 nitrogen and oxygen atoms in total. The number of hydrogen-bond donors (Lipinski definition) is 1. The van der Waals surface area contributed by atoms with Crippen molar-refractivity contribution in [2.45, 2.75) is 25.7 Å². The maximum absolute atomic E-state index is 5.02. The lowest BCUT2D eigenvalue weighted by molar-refractivity contribution is 0.198. The summed E-state index contributed by atoms with van der Waals surface area (Å²) in [6, 6.07) is 2.04. The average Bonchev–Trinajstić information content (AvgIpc) is 2.45. The van der Waals surface area contributed by atoms with Gasteiger partial charge in [-0.05, 0) is 25.7 Å². The number of hydrogen-bond acceptors (Lipinski definition) is 5. The summed E-state index contributed by atoms with van der Waals surface area (Å²) in [5.74, 6) is 1.95. The zero-order chi connectivity index (χ0) is 12.6. The summed E-state index contributed by atoms with van der Waals surface area (Å²) in [7, 11) is 1.72. The molecule has 0 spiro atoms. The summed E-state index contributed by atoms with van der Waals surface area (Å²) in [5.41, 5.74) is 0. The molecule has 0 aliphatic carbocycles. The summed E-state index contributed by atoms with van der Waals surface area (Å²) in [5, 5.41) is 3.30. The highest BCUT2D eigenvalue weighted by molar-refractivity contribution is 5.48. The molecule has 1 aromatic rings. The lowest BCUT2D eigenvalue weighted by Crippen LogP contribution is -2.30. The summed E-state index contributed by atoms with van der Waals surface area (Å²) in [6.07, 6.45) is 6.49. The lowest BCUT2D eigenvalue weighted by atomic mass is 10.1. The number of rotatable bonds is 6. The molecule has 0 amide bonds. The van der Waals surface area contributed by atoms with E-state index in [1.54, 1.807) is 13.4 Å². The van der Waals surface area contributed by atoms with E-state index in [1.807, 2.05) is 6.07 Å². The van der Waals surface area contributed by atoms with Gasteiger partial charge in [-0.2, -0.15) is 0 Å². The third-order valence-corrected chi connectivity index (χ3v) is 3.16. The Morgan fingerprint density at radius 1 is 1.28 bits per heavy atom. The van der Waals surface area contributed by atoms with Crippen LogP contribution in [-0.2, 0) is 4.74 Å². The van der Waals surface area contributed by atoms with Gasteiger partial charge in [0.25, 0.3) is 0 Å². The molecule has 0 unspecified atom stereocenters. The Morgan fingerprint density at radius 3 is 2.89 bits per heavy atom. The van der Waals surface area contributed by atoms with Crippen LogP contribution in [0, 0.1) is 0 Å². The van der Waals surface area contributed by atoms with Gasteiger partial charge in [0, 0.05) is 39.4 Å². The van der Waals surface area contributed by atoms with E-state index >= 15 is 0 Å². The van der Waals surface area contributed by atoms with Crippen LogP contribution in [0.2, 0.25) is 0 Å². The Hall–Kier alpha value is -1.36. The van der Waals surface area contributed by atoms with Gasteiger partial charge in [0.1, 0.15) is 18.0 Å². The normalized spacial score (nSPS) is 15.7. The van der Waals surface area contributed by atoms with E-state index < -0.39 is 0 Å². The number of ether oxygens (including phenoxy) is 1. The largest absolute Gasteiger partial charge is 0.385 e. The summed E-state index contributed by atoms with van der Waals surface area (Å²) in [6.45, 7) is 3.88. The Labute approximate surface area is 109 Å². The van der Waals surface area contributed by atoms with E-state index in [-0.39, 0.29) is 0 Å². The van der Waals surface area contributed by atoms with Crippen LogP contribution in [0.15, 0.2) is 12.4 Å². The summed E-state index contributed by atoms with van der Waals surface area (Å²) in [4.78, 5) is 10.9. The van der Waals surface area contributed by atoms with Crippen molar-refractivity contribution in [2.24, 2.45) is 0 Å². The van der Waals surface area contributed by atoms with Gasteiger partial charge in [0.2, 0.25) is 0 Å². The third-order valence-electron chi connectivity index (χ3n) is 3.16. The fourth-order valence-corrected chi connectivity index (χ4v) is 2.17. The van der Waals surface area contributed by atoms with Gasteiger partial charge >= 0.3 is 0 Å². The Bertz CT molecular complexity index is 353. The number of methoxy groups -OCH3 is 1. The third kappa shape index (κ3) is 3.84. The molecule has 18 heavy (non-hydrogen) atoms. The second-order valence-electron chi connectivity index (χ2n) is 4.58. The molecule has 1 aliphatic rings. The van der Waals surface area contributed by atoms with Gasteiger partial charge < -0.3 is 15.0 Å². The van der Waals surface area contributed by atoms with Gasteiger partial charge in [-0.15, -0.1) is 0 Å². The van der Waals surface area contributed by atoms with E-state index in [0.29, 0.717) is 0 Å². The van der Waals surface area contributed by atoms with Crippen molar-refractivity contribution < 1.29 is 4.74 Å². The van der Waals surface area contributed by atoms with Crippen LogP contribution in [0.4, 0.5) is 11.6 Å². The minimum Gasteiger partial charge on any atom is -0.385 e. The van der Waals surface area contributed by atoms with Gasteiger partial charge in [0.05, 0.1) is 0 Å². The fourth-order valence-electron chi connectivity index (χ4n) is 2.17. The predicted molar refractivity (Wildman–Crippen MR) is 73.1 cm³/mol. The van der Waals surface area contributed by atoms with Gasteiger partial charge in [-0.25, -0.2) is 9.97 Å². The minimum atomic E-state index is 0.775. The minimum absolute atomic E-state index is 0.775. The predicted octanol–water partition coefficient (Wildman–Crippen LogP) is 1.92. The van der Waals surface area contributed by atoms with Crippen LogP contribution < -0.4 is 10.2 Å². The van der Waals surface area contributed by atoms with Crippen LogP contribution >= 0.6 is 0 Å². The maximum Gasteiger partial charge on any atom is 0.134 e. The summed E-state index contributed by atoms with van der Waals surface area (Å²) < 4.78 is 5.02. The molecule has 100 valence electrons. The topological polar surface area (TPSA) is 50.3 Å². The van der Waals surface area contributed by atoms with Crippen molar-refractivity contribution in [3.05, 3.63) is 12.4 Å². The first-order chi connectivity index (χ1) is 8.90. The Morgan fingerprint density at radius 2 is 2.11 bits per heavy atom. The first kappa shape index (κ1) is 13.1. The van der Waals surface area contributed by atoms with Crippen molar-refractivity contribution >= 4 is 11.6 Å². The maximum atomic E-state index is 5.02. The van der Waals surface area contributed by atoms with E-state index in [2.05, 4.69) is 20.2 Å². The molecule has 0 aromatic carbocycles. The molecule has 1 saturated heterocycles. The van der Waals surface area contributed by atoms with Crippen molar-refractivity contribution in [3.63, 3.8) is 0 Å². The molecule has 1 aliphatic heterocycles. The van der Waals surface area contributed by atoms with Gasteiger partial charge in [-0.1, -0.05) is 0 Å². The number of nitrogens with one attached hydrogen (secondary N) is 1. The average molecular weight is 250 g/mol. The monoisotopic (exact) mass is 250 g/mol. The zero-order valence-electron chi connectivity index (χ0n) is 11.1. The molecule has 1 N–H and O–H groups in total. The van der Waals surface area contributed by atoms with E-state index in [1.165, 1.54) is 19.3 Å². The first-order valence-electron chi connectivity index (χ1n) is 6.70. The van der Waals surface area contributed by atoms with Crippen LogP contribution in [-0.4, -0.2) is 43.3 Å². The van der Waals surface area contributed by atoms with E-state index in [0.717, 1.165) is 44.3 Å². The van der Waals surface area contributed by atoms with Gasteiger partial charge in [0.15, 0.2) is 0 Å². The number of anilines is 2. The molecule has 1 fully saturated rings. The number of piperidine rings is 1. The SMILES string of the molecule is COCCCNc1cc(N2CCCCC2)ncn1. The molecule has 0 bridgehead atoms. The molecule has 1 aromatic heterocycles. The smallest absolute Gasteiger partial charge is 0.134 e. The Balaban J connectivity index is 1.88. The van der Waals surface area contributed by atoms with E-state index in [4.69, 9.17) is 4.74 Å². The fraction of sp³-hybridized carbons (Fsp3) is 0.692. The quantitative estimate of drug-likeness (QED) is 0.782. The summed E-state index contributed by atoms with van der Waals surface area (Å²) >= 11 is 0. The van der Waals surface area contributed by atoms with Crippen LogP contribution in [0.5, 0.6) is 0 Å². The molecular formula is C13H22N4O. The van der Waals surface area contributed by atoms with Crippen molar-refractivity contribution in [3.8, 4) is 0 Å². The Kier molecular flexibility index (Phi) is 5.20.